The van der Waals surface area contributed by atoms with E-state index in [1.54, 1.807) is 0 Å². The van der Waals surface area contributed by atoms with Gasteiger partial charge in [0.25, 0.3) is 0 Å². The van der Waals surface area contributed by atoms with E-state index in [1.165, 1.54) is 0 Å². The first kappa shape index (κ1) is 11.6. The Morgan fingerprint density at radius 3 is 2.62 bits per heavy atom. The van der Waals surface area contributed by atoms with E-state index in [-0.39, 0.29) is 23.4 Å². The Balaban J connectivity index is 1.87. The maximum Gasteiger partial charge on any atom is 0.309 e. The molecule has 0 N–H and O–H groups in total. The van der Waals surface area contributed by atoms with Crippen LogP contribution < -0.4 is 0 Å². The van der Waals surface area contributed by atoms with E-state index in [0.717, 1.165) is 19.3 Å². The number of esters is 1. The van der Waals surface area contributed by atoms with Gasteiger partial charge in [-0.2, -0.15) is 0 Å². The highest BCUT2D eigenvalue weighted by Crippen LogP contribution is 2.37. The Bertz CT molecular complexity index is 304. The second kappa shape index (κ2) is 4.19. The van der Waals surface area contributed by atoms with Gasteiger partial charge in [0.05, 0.1) is 5.92 Å². The van der Waals surface area contributed by atoms with Crippen LogP contribution in [0, 0.1) is 11.8 Å². The molecule has 3 nitrogen and oxygen atoms in total. The summed E-state index contributed by atoms with van der Waals surface area (Å²) in [6.07, 6.45) is 5.02. The summed E-state index contributed by atoms with van der Waals surface area (Å²) in [5.74, 6) is 0.186. The minimum Gasteiger partial charge on any atom is -0.459 e. The summed E-state index contributed by atoms with van der Waals surface area (Å²) in [4.78, 5) is 23.3. The molecule has 2 fully saturated rings. The van der Waals surface area contributed by atoms with E-state index in [0.29, 0.717) is 25.0 Å². The molecule has 3 heteroatoms. The molecule has 2 atom stereocenters. The molecule has 2 unspecified atom stereocenters. The van der Waals surface area contributed by atoms with Gasteiger partial charge < -0.3 is 4.74 Å². The second-order valence-corrected chi connectivity index (χ2v) is 5.56. The van der Waals surface area contributed by atoms with Gasteiger partial charge >= 0.3 is 5.97 Å². The van der Waals surface area contributed by atoms with Crippen molar-refractivity contribution in [2.24, 2.45) is 11.8 Å². The summed E-state index contributed by atoms with van der Waals surface area (Å²) in [6.45, 7) is 3.92. The molecule has 0 radical (unpaired) electrons. The Kier molecular flexibility index (Phi) is 3.04. The third-order valence-corrected chi connectivity index (χ3v) is 4.02. The summed E-state index contributed by atoms with van der Waals surface area (Å²) in [6, 6.07) is 0. The Labute approximate surface area is 96.5 Å². The molecule has 0 aromatic carbocycles. The lowest BCUT2D eigenvalue weighted by Gasteiger charge is -2.39. The predicted molar refractivity (Wildman–Crippen MR) is 59.9 cm³/mol. The molecule has 0 spiro atoms. The largest absolute Gasteiger partial charge is 0.459 e. The third-order valence-electron chi connectivity index (χ3n) is 4.02. The summed E-state index contributed by atoms with van der Waals surface area (Å²) in [5.41, 5.74) is -0.207. The number of ether oxygens (including phenoxy) is 1. The number of hydrogen-bond acceptors (Lipinski definition) is 3. The van der Waals surface area contributed by atoms with Crippen LogP contribution in [0.4, 0.5) is 0 Å². The van der Waals surface area contributed by atoms with E-state index in [2.05, 4.69) is 0 Å². The van der Waals surface area contributed by atoms with Crippen molar-refractivity contribution in [1.29, 1.82) is 0 Å². The lowest BCUT2D eigenvalue weighted by molar-refractivity contribution is -0.173. The Morgan fingerprint density at radius 1 is 1.44 bits per heavy atom. The van der Waals surface area contributed by atoms with Gasteiger partial charge in [-0.3, -0.25) is 9.59 Å². The van der Waals surface area contributed by atoms with Crippen LogP contribution in [-0.4, -0.2) is 17.4 Å². The third kappa shape index (κ3) is 2.28. The molecular formula is C13H20O3. The van der Waals surface area contributed by atoms with Crippen LogP contribution in [0.5, 0.6) is 0 Å². The zero-order chi connectivity index (χ0) is 11.8. The van der Waals surface area contributed by atoms with Crippen molar-refractivity contribution in [2.45, 2.75) is 58.0 Å². The van der Waals surface area contributed by atoms with Crippen LogP contribution in [0.1, 0.15) is 52.4 Å². The number of rotatable bonds is 2. The molecule has 0 aliphatic heterocycles. The fourth-order valence-corrected chi connectivity index (χ4v) is 2.56. The highest BCUT2D eigenvalue weighted by Gasteiger charge is 2.39. The topological polar surface area (TPSA) is 43.4 Å². The lowest BCUT2D eigenvalue weighted by Crippen LogP contribution is -2.41. The Hall–Kier alpha value is -0.860. The first-order valence-electron chi connectivity index (χ1n) is 6.26. The average molecular weight is 224 g/mol. The lowest BCUT2D eigenvalue weighted by atomic mass is 9.80. The number of carbonyl (C=O) groups is 2. The van der Waals surface area contributed by atoms with Gasteiger partial charge in [0.1, 0.15) is 11.4 Å². The van der Waals surface area contributed by atoms with Crippen LogP contribution in [0.3, 0.4) is 0 Å². The highest BCUT2D eigenvalue weighted by atomic mass is 16.6. The number of hydrogen-bond donors (Lipinski definition) is 0. The van der Waals surface area contributed by atoms with E-state index in [4.69, 9.17) is 4.74 Å². The molecule has 2 saturated carbocycles. The van der Waals surface area contributed by atoms with Gasteiger partial charge in [-0.15, -0.1) is 0 Å². The van der Waals surface area contributed by atoms with Crippen LogP contribution in [0.25, 0.3) is 0 Å². The Morgan fingerprint density at radius 2 is 2.12 bits per heavy atom. The number of Topliss-reactive ketones (excluding diaryl/α,β-unsaturated/α-hetero) is 1. The molecule has 0 bridgehead atoms. The fourth-order valence-electron chi connectivity index (χ4n) is 2.56. The fraction of sp³-hybridized carbons (Fsp3) is 0.846. The minimum atomic E-state index is -0.207. The van der Waals surface area contributed by atoms with Crippen molar-refractivity contribution in [2.75, 3.05) is 0 Å². The van der Waals surface area contributed by atoms with Gasteiger partial charge in [-0.1, -0.05) is 6.92 Å². The first-order valence-corrected chi connectivity index (χ1v) is 6.26. The van der Waals surface area contributed by atoms with Gasteiger partial charge in [-0.25, -0.2) is 0 Å². The predicted octanol–water partition coefficient (Wildman–Crippen LogP) is 2.48. The standard InChI is InChI=1S/C13H20O3/c1-9-8-10(4-5-11(9)14)12(15)16-13(2)6-3-7-13/h9-10H,3-8H2,1-2H3. The maximum absolute atomic E-state index is 11.9. The van der Waals surface area contributed by atoms with Crippen molar-refractivity contribution in [1.82, 2.24) is 0 Å². The van der Waals surface area contributed by atoms with E-state index < -0.39 is 0 Å². The molecule has 0 saturated heterocycles. The summed E-state index contributed by atoms with van der Waals surface area (Å²) in [7, 11) is 0. The summed E-state index contributed by atoms with van der Waals surface area (Å²) < 4.78 is 5.55. The SMILES string of the molecule is CC1CC(C(=O)OC2(C)CCC2)CCC1=O. The van der Waals surface area contributed by atoms with Gasteiger partial charge in [0.2, 0.25) is 0 Å². The molecule has 0 heterocycles. The minimum absolute atomic E-state index is 0.0282. The molecule has 2 aliphatic carbocycles. The first-order chi connectivity index (χ1) is 7.50. The van der Waals surface area contributed by atoms with Crippen molar-refractivity contribution < 1.29 is 14.3 Å². The zero-order valence-electron chi connectivity index (χ0n) is 10.1. The quantitative estimate of drug-likeness (QED) is 0.677. The van der Waals surface area contributed by atoms with Crippen molar-refractivity contribution in [3.8, 4) is 0 Å². The summed E-state index contributed by atoms with van der Waals surface area (Å²) >= 11 is 0. The van der Waals surface area contributed by atoms with Gasteiger partial charge in [0, 0.05) is 12.3 Å². The molecule has 90 valence electrons. The highest BCUT2D eigenvalue weighted by molar-refractivity contribution is 5.84. The molecule has 16 heavy (non-hydrogen) atoms. The molecular weight excluding hydrogens is 204 g/mol. The van der Waals surface area contributed by atoms with Gasteiger partial charge in [0.15, 0.2) is 0 Å². The van der Waals surface area contributed by atoms with E-state index in [9.17, 15) is 9.59 Å². The van der Waals surface area contributed by atoms with E-state index >= 15 is 0 Å². The van der Waals surface area contributed by atoms with Crippen LogP contribution in [-0.2, 0) is 14.3 Å². The summed E-state index contributed by atoms with van der Waals surface area (Å²) in [5, 5.41) is 0. The van der Waals surface area contributed by atoms with Crippen LogP contribution in [0.2, 0.25) is 0 Å². The smallest absolute Gasteiger partial charge is 0.309 e. The molecule has 2 aliphatic rings. The number of carbonyl (C=O) groups excluding carboxylic acids is 2. The monoisotopic (exact) mass is 224 g/mol. The van der Waals surface area contributed by atoms with Crippen LogP contribution in [0.15, 0.2) is 0 Å². The van der Waals surface area contributed by atoms with E-state index in [1.807, 2.05) is 13.8 Å². The normalized spacial score (nSPS) is 33.0. The second-order valence-electron chi connectivity index (χ2n) is 5.56. The molecule has 0 aromatic rings. The number of ketones is 1. The maximum atomic E-state index is 11.9. The van der Waals surface area contributed by atoms with Gasteiger partial charge in [-0.05, 0) is 39.0 Å². The molecule has 0 aromatic heterocycles. The molecule has 2 rings (SSSR count). The zero-order valence-corrected chi connectivity index (χ0v) is 10.1. The van der Waals surface area contributed by atoms with Crippen molar-refractivity contribution in [3.63, 3.8) is 0 Å². The average Bonchev–Trinajstić information content (AvgIpc) is 2.19. The van der Waals surface area contributed by atoms with Crippen molar-refractivity contribution in [3.05, 3.63) is 0 Å². The van der Waals surface area contributed by atoms with Crippen LogP contribution >= 0.6 is 0 Å². The molecule has 0 amide bonds. The van der Waals surface area contributed by atoms with Crippen molar-refractivity contribution >= 4 is 11.8 Å².